The first kappa shape index (κ1) is 16.6. The van der Waals surface area contributed by atoms with Crippen LogP contribution >= 0.6 is 0 Å². The molecule has 0 bridgehead atoms. The molecule has 0 aromatic carbocycles. The van der Waals surface area contributed by atoms with E-state index >= 15 is 0 Å². The van der Waals surface area contributed by atoms with Gasteiger partial charge < -0.3 is 10.6 Å². The van der Waals surface area contributed by atoms with Gasteiger partial charge in [0.1, 0.15) is 6.04 Å². The number of rotatable bonds is 9. The van der Waals surface area contributed by atoms with E-state index < -0.39 is 12.1 Å². The Balaban J connectivity index is -0.00000144. The van der Waals surface area contributed by atoms with Crippen LogP contribution in [0.1, 0.15) is 49.8 Å². The molecule has 0 aliphatic heterocycles. The molecule has 0 fully saturated rings. The van der Waals surface area contributed by atoms with Crippen LogP contribution in [0.4, 0.5) is 0 Å². The van der Waals surface area contributed by atoms with E-state index in [1.165, 1.54) is 6.92 Å². The summed E-state index contributed by atoms with van der Waals surface area (Å²) < 4.78 is 0. The smallest absolute Gasteiger partial charge is 0.243 e. The Morgan fingerprint density at radius 3 is 2.33 bits per heavy atom. The van der Waals surface area contributed by atoms with Gasteiger partial charge in [-0.15, -0.1) is 0 Å². The summed E-state index contributed by atoms with van der Waals surface area (Å²) in [5, 5.41) is 5.19. The molecule has 0 saturated heterocycles. The minimum Gasteiger partial charge on any atom is -0.347 e. The molecule has 0 rings (SSSR count). The van der Waals surface area contributed by atoms with Crippen molar-refractivity contribution in [2.75, 3.05) is 0 Å². The zero-order valence-corrected chi connectivity index (χ0v) is 11.7. The zero-order chi connectivity index (χ0) is 14.1. The highest BCUT2D eigenvalue weighted by molar-refractivity contribution is 5.90. The van der Waals surface area contributed by atoms with Crippen LogP contribution in [0, 0.1) is 5.92 Å². The molecule has 0 unspecified atom stereocenters. The summed E-state index contributed by atoms with van der Waals surface area (Å²) in [5.74, 6) is -0.368. The van der Waals surface area contributed by atoms with Crippen LogP contribution in [0.5, 0.6) is 0 Å². The second kappa shape index (κ2) is 8.66. The van der Waals surface area contributed by atoms with E-state index in [1.54, 1.807) is 0 Å². The second-order valence-corrected chi connectivity index (χ2v) is 4.82. The zero-order valence-electron chi connectivity index (χ0n) is 11.7. The molecule has 0 aromatic rings. The summed E-state index contributed by atoms with van der Waals surface area (Å²) in [4.78, 5) is 33.9. The van der Waals surface area contributed by atoms with Gasteiger partial charge in [0.05, 0.1) is 6.04 Å². The third kappa shape index (κ3) is 5.80. The van der Waals surface area contributed by atoms with Crippen LogP contribution in [0.15, 0.2) is 0 Å². The highest BCUT2D eigenvalue weighted by atomic mass is 16.2. The van der Waals surface area contributed by atoms with Crippen LogP contribution in [-0.2, 0) is 14.4 Å². The topological polar surface area (TPSA) is 75.3 Å². The Morgan fingerprint density at radius 1 is 1.33 bits per heavy atom. The second-order valence-electron chi connectivity index (χ2n) is 4.82. The molecule has 2 N–H and O–H groups in total. The van der Waals surface area contributed by atoms with E-state index in [1.807, 2.05) is 20.8 Å². The maximum Gasteiger partial charge on any atom is 0.243 e. The fourth-order valence-corrected chi connectivity index (χ4v) is 1.69. The maximum atomic E-state index is 12.0. The van der Waals surface area contributed by atoms with Crippen molar-refractivity contribution in [2.45, 2.75) is 59.0 Å². The molecule has 0 heterocycles. The first-order chi connectivity index (χ1) is 8.43. The Kier molecular flexibility index (Phi) is 8.00. The van der Waals surface area contributed by atoms with Gasteiger partial charge in [0.2, 0.25) is 12.3 Å². The van der Waals surface area contributed by atoms with Crippen LogP contribution in [0.3, 0.4) is 0 Å². The lowest BCUT2D eigenvalue weighted by Gasteiger charge is -2.23. The van der Waals surface area contributed by atoms with E-state index in [0.29, 0.717) is 12.8 Å². The lowest BCUT2D eigenvalue weighted by Crippen LogP contribution is -2.51. The Bertz CT molecular complexity index is 299. The van der Waals surface area contributed by atoms with E-state index in [9.17, 15) is 14.4 Å². The molecular weight excluding hydrogens is 232 g/mol. The third-order valence-corrected chi connectivity index (χ3v) is 2.85. The van der Waals surface area contributed by atoms with Gasteiger partial charge in [-0.2, -0.15) is 0 Å². The Hall–Kier alpha value is -1.39. The number of carbonyl (C=O) groups is 3. The monoisotopic (exact) mass is 260 g/mol. The van der Waals surface area contributed by atoms with Gasteiger partial charge in [0, 0.05) is 2.85 Å². The van der Waals surface area contributed by atoms with Gasteiger partial charge in [-0.3, -0.25) is 14.4 Å². The lowest BCUT2D eigenvalue weighted by atomic mass is 10.0. The fraction of sp³-hybridized carbons (Fsp3) is 0.769. The van der Waals surface area contributed by atoms with Crippen molar-refractivity contribution in [3.05, 3.63) is 0 Å². The molecule has 0 aliphatic carbocycles. The summed E-state index contributed by atoms with van der Waals surface area (Å²) in [6.07, 6.45) is 3.01. The normalized spacial score (nSPS) is 13.8. The maximum absolute atomic E-state index is 12.0. The van der Waals surface area contributed by atoms with Gasteiger partial charge in [0.15, 0.2) is 5.78 Å². The van der Waals surface area contributed by atoms with Crippen LogP contribution < -0.4 is 10.6 Å². The Morgan fingerprint density at radius 2 is 1.94 bits per heavy atom. The number of nitrogens with one attached hydrogen (secondary N) is 2. The molecule has 5 heteroatoms. The van der Waals surface area contributed by atoms with Crippen LogP contribution in [0.25, 0.3) is 0 Å². The summed E-state index contributed by atoms with van der Waals surface area (Å²) in [6, 6.07) is -1.04. The number of unbranched alkanes of at least 4 members (excludes halogenated alkanes) is 1. The van der Waals surface area contributed by atoms with E-state index in [2.05, 4.69) is 10.6 Å². The molecule has 0 radical (unpaired) electrons. The predicted molar refractivity (Wildman–Crippen MR) is 74.2 cm³/mol. The van der Waals surface area contributed by atoms with E-state index in [-0.39, 0.29) is 20.5 Å². The van der Waals surface area contributed by atoms with Crippen molar-refractivity contribution in [3.8, 4) is 0 Å². The number of carbonyl (C=O) groups excluding carboxylic acids is 3. The van der Waals surface area contributed by atoms with Crippen molar-refractivity contribution < 1.29 is 17.2 Å². The molecule has 0 aromatic heterocycles. The van der Waals surface area contributed by atoms with Crippen molar-refractivity contribution in [1.82, 2.24) is 10.6 Å². The van der Waals surface area contributed by atoms with E-state index in [4.69, 9.17) is 0 Å². The number of ketones is 1. The SMILES string of the molecule is CCCC[C@H](NC(=O)[C@@H](NC=O)C(C)C)C(C)=O.[HH].[HH]. The molecule has 0 spiro atoms. The molecule has 108 valence electrons. The van der Waals surface area contributed by atoms with Gasteiger partial charge in [-0.1, -0.05) is 33.6 Å². The van der Waals surface area contributed by atoms with Gasteiger partial charge in [-0.05, 0) is 19.3 Å². The average molecular weight is 260 g/mol. The Labute approximate surface area is 112 Å². The first-order valence-corrected chi connectivity index (χ1v) is 6.44. The van der Waals surface area contributed by atoms with Gasteiger partial charge in [-0.25, -0.2) is 0 Å². The predicted octanol–water partition coefficient (Wildman–Crippen LogP) is 1.51. The summed E-state index contributed by atoms with van der Waals surface area (Å²) >= 11 is 0. The standard InChI is InChI=1S/C13H24N2O3.2H2/c1-5-6-7-11(10(4)17)15-13(18)12(9(2)3)14-8-16;;/h8-9,11-12H,5-7H2,1-4H3,(H,14,16)(H,15,18);2*1H/t11-,12-;;/m0../s1. The number of amides is 2. The lowest BCUT2D eigenvalue weighted by molar-refractivity contribution is -0.130. The number of hydrogen-bond acceptors (Lipinski definition) is 3. The van der Waals surface area contributed by atoms with Crippen molar-refractivity contribution in [1.29, 1.82) is 0 Å². The average Bonchev–Trinajstić information content (AvgIpc) is 2.30. The van der Waals surface area contributed by atoms with Gasteiger partial charge >= 0.3 is 0 Å². The number of Topliss-reactive ketones (excluding diaryl/α,β-unsaturated/α-hetero) is 1. The quantitative estimate of drug-likeness (QED) is 0.617. The molecule has 5 nitrogen and oxygen atoms in total. The summed E-state index contributed by atoms with van der Waals surface area (Å²) in [7, 11) is 0. The first-order valence-electron chi connectivity index (χ1n) is 6.44. The highest BCUT2D eigenvalue weighted by Crippen LogP contribution is 2.05. The van der Waals surface area contributed by atoms with Crippen LogP contribution in [-0.4, -0.2) is 30.2 Å². The minimum atomic E-state index is -0.592. The highest BCUT2D eigenvalue weighted by Gasteiger charge is 2.25. The molecule has 2 atom stereocenters. The molecule has 0 aliphatic rings. The molecule has 0 saturated carbocycles. The molecule has 2 amide bonds. The fourth-order valence-electron chi connectivity index (χ4n) is 1.69. The third-order valence-electron chi connectivity index (χ3n) is 2.85. The number of hydrogen-bond donors (Lipinski definition) is 2. The summed E-state index contributed by atoms with van der Waals surface area (Å²) in [5.41, 5.74) is 0. The largest absolute Gasteiger partial charge is 0.347 e. The molecular formula is C13H28N2O3. The van der Waals surface area contributed by atoms with E-state index in [0.717, 1.165) is 12.8 Å². The minimum absolute atomic E-state index is 0. The van der Waals surface area contributed by atoms with Crippen molar-refractivity contribution >= 4 is 18.1 Å². The van der Waals surface area contributed by atoms with Gasteiger partial charge in [0.25, 0.3) is 0 Å². The van der Waals surface area contributed by atoms with Crippen molar-refractivity contribution in [2.24, 2.45) is 5.92 Å². The van der Waals surface area contributed by atoms with Crippen LogP contribution in [0.2, 0.25) is 0 Å². The summed E-state index contributed by atoms with van der Waals surface area (Å²) in [6.45, 7) is 7.19. The van der Waals surface area contributed by atoms with Crippen molar-refractivity contribution in [3.63, 3.8) is 0 Å². The molecule has 18 heavy (non-hydrogen) atoms.